The summed E-state index contributed by atoms with van der Waals surface area (Å²) >= 11 is 0. The van der Waals surface area contributed by atoms with Crippen LogP contribution in [0.25, 0.3) is 0 Å². The first-order chi connectivity index (χ1) is 21.6. The third kappa shape index (κ3) is 19.3. The van der Waals surface area contributed by atoms with Crippen LogP contribution in [-0.4, -0.2) is 85.1 Å². The Morgan fingerprint density at radius 1 is 0.468 bits per heavy atom. The molecule has 2 rings (SSSR count). The van der Waals surface area contributed by atoms with Crippen molar-refractivity contribution in [3.05, 3.63) is 47.5 Å². The Kier molecular flexibility index (Phi) is 26.8. The Morgan fingerprint density at radius 3 is 1.02 bits per heavy atom. The molecule has 0 saturated heterocycles. The second-order valence-corrected chi connectivity index (χ2v) is 15.2. The van der Waals surface area contributed by atoms with Gasteiger partial charge in [0, 0.05) is 59.1 Å². The van der Waals surface area contributed by atoms with Crippen molar-refractivity contribution in [3.8, 4) is 11.5 Å². The van der Waals surface area contributed by atoms with E-state index in [1.54, 1.807) is 24.3 Å². The van der Waals surface area contributed by atoms with Gasteiger partial charge in [0.15, 0.2) is 11.5 Å². The van der Waals surface area contributed by atoms with Gasteiger partial charge in [-0.15, -0.1) is 0 Å². The Morgan fingerprint density at radius 2 is 0.745 bits per heavy atom. The van der Waals surface area contributed by atoms with E-state index in [1.807, 2.05) is 0 Å². The summed E-state index contributed by atoms with van der Waals surface area (Å²) in [5.74, 6) is -0.173. The number of ether oxygens (including phenoxy) is 1. The fourth-order valence-electron chi connectivity index (χ4n) is 5.86. The summed E-state index contributed by atoms with van der Waals surface area (Å²) < 4.78 is 75.8. The second-order valence-electron chi connectivity index (χ2n) is 12.4. The number of rotatable bonds is 26. The third-order valence-corrected chi connectivity index (χ3v) is 10.2. The van der Waals surface area contributed by atoms with E-state index >= 15 is 0 Å². The van der Waals surface area contributed by atoms with Crippen molar-refractivity contribution in [2.45, 2.75) is 165 Å². The van der Waals surface area contributed by atoms with E-state index < -0.39 is 30.0 Å². The number of unbranched alkanes of at least 4 members (excludes halogenated alkanes) is 18. The summed E-state index contributed by atoms with van der Waals surface area (Å²) in [6, 6.07) is 9.11. The van der Waals surface area contributed by atoms with Crippen molar-refractivity contribution in [2.24, 2.45) is 0 Å². The van der Waals surface area contributed by atoms with E-state index in [1.165, 1.54) is 89.2 Å². The molecular weight excluding hydrogens is 655 g/mol. The Balaban J connectivity index is 0.0000106. The van der Waals surface area contributed by atoms with Gasteiger partial charge in [-0.2, -0.15) is 16.8 Å². The molecule has 0 aliphatic rings. The van der Waals surface area contributed by atoms with Crippen LogP contribution >= 0.6 is 0 Å². The molecule has 11 heteroatoms. The summed E-state index contributed by atoms with van der Waals surface area (Å²) in [6.07, 6.45) is 24.2. The first-order valence-corrected chi connectivity index (χ1v) is 20.3. The molecule has 0 unspecified atom stereocenters. The molecule has 258 valence electrons. The largest absolute Gasteiger partial charge is 0.454 e. The molecule has 0 aromatic heterocycles. The number of benzene rings is 2. The van der Waals surface area contributed by atoms with Crippen LogP contribution in [-0.2, 0) is 33.1 Å². The van der Waals surface area contributed by atoms with Gasteiger partial charge in [0.05, 0.1) is 0 Å². The molecule has 0 heterocycles. The van der Waals surface area contributed by atoms with E-state index in [-0.39, 0.29) is 70.6 Å². The Bertz CT molecular complexity index is 1230. The van der Waals surface area contributed by atoms with Gasteiger partial charge in [-0.25, -0.2) is 0 Å². The van der Waals surface area contributed by atoms with Gasteiger partial charge in [0.1, 0.15) is 9.79 Å². The first-order valence-electron chi connectivity index (χ1n) is 17.5. The molecule has 2 N–H and O–H groups in total. The van der Waals surface area contributed by atoms with E-state index in [4.69, 9.17) is 4.74 Å². The zero-order valence-corrected chi connectivity index (χ0v) is 35.4. The van der Waals surface area contributed by atoms with Crippen LogP contribution in [0.1, 0.15) is 153 Å². The maximum Gasteiger partial charge on any atom is 0.298 e. The van der Waals surface area contributed by atoms with E-state index in [0.29, 0.717) is 24.0 Å². The average Bonchev–Trinajstić information content (AvgIpc) is 2.99. The fourth-order valence-corrected chi connectivity index (χ4v) is 7.18. The van der Waals surface area contributed by atoms with E-state index in [2.05, 4.69) is 13.8 Å². The van der Waals surface area contributed by atoms with Gasteiger partial charge in [-0.3, -0.25) is 9.11 Å². The maximum atomic E-state index is 12.4. The van der Waals surface area contributed by atoms with Crippen LogP contribution in [0.2, 0.25) is 0 Å². The minimum Gasteiger partial charge on any atom is -0.454 e. The van der Waals surface area contributed by atoms with Crippen molar-refractivity contribution in [2.75, 3.05) is 0 Å². The van der Waals surface area contributed by atoms with Crippen LogP contribution in [0.3, 0.4) is 0 Å². The minimum atomic E-state index is -4.66. The second kappa shape index (κ2) is 26.8. The SMILES string of the molecule is CCCCCCCCCCCCc1cccc(S(=O)(=O)O)c1Oc1c(CCCCCCCCCCCC)cccc1S(=O)(=O)O.[Na].[Na]. The molecule has 2 aromatic rings. The molecule has 0 bridgehead atoms. The van der Waals surface area contributed by atoms with Gasteiger partial charge in [-0.05, 0) is 48.9 Å². The number of aryl methyl sites for hydroxylation is 2. The van der Waals surface area contributed by atoms with Gasteiger partial charge >= 0.3 is 0 Å². The molecule has 0 aliphatic carbocycles. The molecule has 0 atom stereocenters. The topological polar surface area (TPSA) is 118 Å². The smallest absolute Gasteiger partial charge is 0.298 e. The third-order valence-electron chi connectivity index (χ3n) is 8.48. The molecule has 0 spiro atoms. The number of para-hydroxylation sites is 2. The fraction of sp³-hybridized carbons (Fsp3) is 0.667. The summed E-state index contributed by atoms with van der Waals surface area (Å²) in [5.41, 5.74) is 1.14. The predicted molar refractivity (Wildman–Crippen MR) is 195 cm³/mol. The molecule has 0 amide bonds. The van der Waals surface area contributed by atoms with E-state index in [9.17, 15) is 25.9 Å². The zero-order chi connectivity index (χ0) is 33.0. The molecule has 0 aliphatic heterocycles. The molecule has 7 nitrogen and oxygen atoms in total. The summed E-state index contributed by atoms with van der Waals surface area (Å²) in [5, 5.41) is 0. The molecule has 0 fully saturated rings. The molecular formula is C36H58Na2O7S2. The van der Waals surface area contributed by atoms with Gasteiger partial charge in [0.25, 0.3) is 20.2 Å². The predicted octanol–water partition coefficient (Wildman–Crippen LogP) is 10.1. The standard InChI is InChI=1S/C36H58O7S2.2Na/c1-3-5-7-9-11-13-15-17-19-21-25-31-27-23-29-33(44(37,38)39)35(31)43-36-32(28-24-30-34(36)45(40,41)42)26-22-20-18-16-14-12-10-8-6-4-2;;/h23-24,27-30H,3-22,25-26H2,1-2H3,(H,37,38,39)(H,40,41,42);;. The van der Waals surface area contributed by atoms with Crippen molar-refractivity contribution in [3.63, 3.8) is 0 Å². The molecule has 0 saturated carbocycles. The van der Waals surface area contributed by atoms with Gasteiger partial charge in [0.2, 0.25) is 0 Å². The maximum absolute atomic E-state index is 12.4. The monoisotopic (exact) mass is 712 g/mol. The molecule has 2 radical (unpaired) electrons. The summed E-state index contributed by atoms with van der Waals surface area (Å²) in [4.78, 5) is -0.829. The van der Waals surface area contributed by atoms with Crippen LogP contribution < -0.4 is 4.74 Å². The van der Waals surface area contributed by atoms with E-state index in [0.717, 1.165) is 51.4 Å². The van der Waals surface area contributed by atoms with Crippen LogP contribution in [0.5, 0.6) is 11.5 Å². The number of hydrogen-bond acceptors (Lipinski definition) is 5. The molecule has 47 heavy (non-hydrogen) atoms. The summed E-state index contributed by atoms with van der Waals surface area (Å²) in [7, 11) is -9.33. The van der Waals surface area contributed by atoms with Crippen LogP contribution in [0, 0.1) is 0 Å². The van der Waals surface area contributed by atoms with Gasteiger partial charge in [-0.1, -0.05) is 154 Å². The van der Waals surface area contributed by atoms with Crippen molar-refractivity contribution in [1.29, 1.82) is 0 Å². The number of hydrogen-bond donors (Lipinski definition) is 2. The van der Waals surface area contributed by atoms with Gasteiger partial charge < -0.3 is 4.74 Å². The van der Waals surface area contributed by atoms with Crippen LogP contribution in [0.15, 0.2) is 46.2 Å². The normalized spacial score (nSPS) is 11.6. The summed E-state index contributed by atoms with van der Waals surface area (Å²) in [6.45, 7) is 4.43. The quantitative estimate of drug-likeness (QED) is 0.0566. The average molecular weight is 713 g/mol. The minimum absolute atomic E-state index is 0. The Labute approximate surface area is 330 Å². The Hall–Kier alpha value is 0.0600. The van der Waals surface area contributed by atoms with Crippen molar-refractivity contribution in [1.82, 2.24) is 0 Å². The van der Waals surface area contributed by atoms with Crippen molar-refractivity contribution >= 4 is 79.4 Å². The molecule has 2 aromatic carbocycles. The first kappa shape index (κ1) is 47.1. The van der Waals surface area contributed by atoms with Crippen molar-refractivity contribution < 1.29 is 30.7 Å². The zero-order valence-electron chi connectivity index (χ0n) is 29.8. The van der Waals surface area contributed by atoms with Crippen LogP contribution in [0.4, 0.5) is 0 Å².